The van der Waals surface area contributed by atoms with E-state index in [1.807, 2.05) is 29.7 Å². The van der Waals surface area contributed by atoms with Crippen LogP contribution in [-0.4, -0.2) is 42.9 Å². The summed E-state index contributed by atoms with van der Waals surface area (Å²) in [5.41, 5.74) is 4.16. The smallest absolute Gasteiger partial charge is 0.229 e. The lowest BCUT2D eigenvalue weighted by molar-refractivity contribution is 0.0670. The van der Waals surface area contributed by atoms with Crippen molar-refractivity contribution in [1.82, 2.24) is 24.5 Å². The first-order valence-electron chi connectivity index (χ1n) is 10.5. The molecule has 33 heavy (non-hydrogen) atoms. The second-order valence-corrected chi connectivity index (χ2v) is 8.24. The highest BCUT2D eigenvalue weighted by Gasteiger charge is 2.27. The Kier molecular flexibility index (Phi) is 5.84. The number of halogens is 2. The number of ether oxygens (including phenoxy) is 1. The lowest BCUT2D eigenvalue weighted by Crippen LogP contribution is -2.25. The minimum atomic E-state index is -0.293. The average Bonchev–Trinajstić information content (AvgIpc) is 3.39. The molecule has 0 saturated heterocycles. The van der Waals surface area contributed by atoms with Crippen LogP contribution in [0.1, 0.15) is 23.1 Å². The summed E-state index contributed by atoms with van der Waals surface area (Å²) in [7, 11) is 0. The van der Waals surface area contributed by atoms with Crippen LogP contribution in [0.4, 0.5) is 16.0 Å². The van der Waals surface area contributed by atoms with Crippen LogP contribution < -0.4 is 5.32 Å². The molecule has 0 spiro atoms. The molecule has 3 heterocycles. The molecule has 0 radical (unpaired) electrons. The van der Waals surface area contributed by atoms with Gasteiger partial charge in [0, 0.05) is 11.3 Å². The number of aliphatic hydroxyl groups is 1. The van der Waals surface area contributed by atoms with Crippen LogP contribution in [0, 0.1) is 12.7 Å². The highest BCUT2D eigenvalue weighted by molar-refractivity contribution is 6.33. The molecule has 0 saturated carbocycles. The monoisotopic (exact) mass is 468 g/mol. The molecule has 8 nitrogen and oxygen atoms in total. The quantitative estimate of drug-likeness (QED) is 0.443. The lowest BCUT2D eigenvalue weighted by Gasteiger charge is -2.26. The van der Waals surface area contributed by atoms with E-state index >= 15 is 0 Å². The van der Waals surface area contributed by atoms with Gasteiger partial charge in [0.15, 0.2) is 5.82 Å². The Morgan fingerprint density at radius 1 is 1.18 bits per heavy atom. The molecule has 2 N–H and O–H groups in total. The molecule has 1 unspecified atom stereocenters. The number of fused-ring (bicyclic) bond motifs is 1. The average molecular weight is 469 g/mol. The predicted octanol–water partition coefficient (Wildman–Crippen LogP) is 4.10. The number of aliphatic hydroxyl groups excluding tert-OH is 1. The number of hydrogen-bond acceptors (Lipinski definition) is 6. The van der Waals surface area contributed by atoms with Crippen molar-refractivity contribution in [3.05, 3.63) is 76.5 Å². The number of nitrogens with zero attached hydrogens (tertiary/aromatic N) is 5. The largest absolute Gasteiger partial charge is 0.394 e. The van der Waals surface area contributed by atoms with Crippen molar-refractivity contribution in [3.63, 3.8) is 0 Å². The third kappa shape index (κ3) is 4.22. The molecule has 1 aliphatic rings. The summed E-state index contributed by atoms with van der Waals surface area (Å²) in [6.45, 7) is 3.15. The summed E-state index contributed by atoms with van der Waals surface area (Å²) in [4.78, 5) is 0. The fraction of sp³-hybridized carbons (Fsp3) is 0.261. The predicted molar refractivity (Wildman–Crippen MR) is 122 cm³/mol. The van der Waals surface area contributed by atoms with Gasteiger partial charge >= 0.3 is 0 Å². The minimum Gasteiger partial charge on any atom is -0.394 e. The minimum absolute atomic E-state index is 0.0202. The number of benzene rings is 2. The van der Waals surface area contributed by atoms with Crippen LogP contribution in [0.5, 0.6) is 0 Å². The number of anilines is 2. The first-order valence-corrected chi connectivity index (χ1v) is 10.9. The maximum atomic E-state index is 13.4. The van der Waals surface area contributed by atoms with E-state index in [2.05, 4.69) is 20.6 Å². The van der Waals surface area contributed by atoms with Crippen LogP contribution in [-0.2, 0) is 17.9 Å². The van der Waals surface area contributed by atoms with Crippen LogP contribution >= 0.6 is 11.6 Å². The summed E-state index contributed by atoms with van der Waals surface area (Å²) in [6.07, 6.45) is 0. The van der Waals surface area contributed by atoms with Gasteiger partial charge < -0.3 is 15.2 Å². The maximum absolute atomic E-state index is 13.4. The molecule has 0 fully saturated rings. The van der Waals surface area contributed by atoms with E-state index in [0.717, 1.165) is 22.5 Å². The molecule has 10 heteroatoms. The summed E-state index contributed by atoms with van der Waals surface area (Å²) in [5.74, 6) is 0.894. The molecule has 170 valence electrons. The molecule has 1 atom stereocenters. The Balaban J connectivity index is 1.48. The van der Waals surface area contributed by atoms with Gasteiger partial charge in [-0.3, -0.25) is 9.25 Å². The molecule has 4 aromatic rings. The lowest BCUT2D eigenvalue weighted by atomic mass is 10.1. The Bertz CT molecular complexity index is 1290. The topological polar surface area (TPSA) is 90.0 Å². The normalized spacial score (nSPS) is 15.5. The molecule has 1 aliphatic heterocycles. The van der Waals surface area contributed by atoms with Crippen molar-refractivity contribution < 1.29 is 14.2 Å². The number of aromatic nitrogens is 5. The van der Waals surface area contributed by atoms with E-state index in [9.17, 15) is 9.50 Å². The second-order valence-electron chi connectivity index (χ2n) is 7.83. The third-order valence-corrected chi connectivity index (χ3v) is 5.97. The highest BCUT2D eigenvalue weighted by atomic mass is 35.5. The first-order chi connectivity index (χ1) is 16.0. The van der Waals surface area contributed by atoms with Crippen molar-refractivity contribution in [3.8, 4) is 11.3 Å². The van der Waals surface area contributed by atoms with Gasteiger partial charge in [-0.05, 0) is 42.8 Å². The Hall–Kier alpha value is -3.27. The van der Waals surface area contributed by atoms with E-state index in [4.69, 9.17) is 16.3 Å². The van der Waals surface area contributed by atoms with E-state index in [1.54, 1.807) is 22.9 Å². The Labute approximate surface area is 194 Å². The fourth-order valence-electron chi connectivity index (χ4n) is 3.97. The van der Waals surface area contributed by atoms with E-state index in [1.165, 1.54) is 12.1 Å². The zero-order valence-corrected chi connectivity index (χ0v) is 18.6. The molecule has 2 aromatic carbocycles. The fourth-order valence-corrected chi connectivity index (χ4v) is 4.14. The van der Waals surface area contributed by atoms with Crippen molar-refractivity contribution in [1.29, 1.82) is 0 Å². The second kappa shape index (κ2) is 8.93. The van der Waals surface area contributed by atoms with Crippen molar-refractivity contribution >= 4 is 23.2 Å². The zero-order chi connectivity index (χ0) is 22.9. The van der Waals surface area contributed by atoms with Gasteiger partial charge in [0.05, 0.1) is 42.2 Å². The summed E-state index contributed by atoms with van der Waals surface area (Å²) in [6, 6.07) is 13.7. The van der Waals surface area contributed by atoms with Gasteiger partial charge in [-0.15, -0.1) is 10.2 Å². The number of nitrogens with one attached hydrogen (secondary N) is 1. The molecular weight excluding hydrogens is 447 g/mol. The van der Waals surface area contributed by atoms with Crippen LogP contribution in [0.2, 0.25) is 5.02 Å². The van der Waals surface area contributed by atoms with Crippen molar-refractivity contribution in [2.75, 3.05) is 18.5 Å². The molecule has 2 aromatic heterocycles. The van der Waals surface area contributed by atoms with E-state index < -0.39 is 0 Å². The van der Waals surface area contributed by atoms with Gasteiger partial charge in [0.2, 0.25) is 5.95 Å². The van der Waals surface area contributed by atoms with Crippen LogP contribution in [0.3, 0.4) is 0 Å². The Morgan fingerprint density at radius 3 is 2.79 bits per heavy atom. The zero-order valence-electron chi connectivity index (χ0n) is 17.9. The van der Waals surface area contributed by atoms with Crippen molar-refractivity contribution in [2.24, 2.45) is 0 Å². The standard InChI is InChI=1S/C23H22ClFN6O2/c1-14-10-19(29-30(14)8-9-32)16-4-7-18(24)20(11-16)26-23-28-27-22-13-33-12-21(31(22)23)15-2-5-17(25)6-3-15/h2-7,10-11,21,32H,8-9,12-13H2,1H3,(H,26,28). The van der Waals surface area contributed by atoms with E-state index in [0.29, 0.717) is 42.2 Å². The SMILES string of the molecule is Cc1cc(-c2ccc(Cl)c(Nc3nnc4n3C(c3ccc(F)cc3)COC4)c2)nn1CCO. The summed E-state index contributed by atoms with van der Waals surface area (Å²) < 4.78 is 22.9. The van der Waals surface area contributed by atoms with Gasteiger partial charge in [-0.1, -0.05) is 29.8 Å². The molecule has 5 rings (SSSR count). The van der Waals surface area contributed by atoms with Gasteiger partial charge in [0.1, 0.15) is 12.4 Å². The third-order valence-electron chi connectivity index (χ3n) is 5.64. The van der Waals surface area contributed by atoms with E-state index in [-0.39, 0.29) is 18.5 Å². The van der Waals surface area contributed by atoms with Crippen LogP contribution in [0.25, 0.3) is 11.3 Å². The van der Waals surface area contributed by atoms with Gasteiger partial charge in [-0.25, -0.2) is 4.39 Å². The van der Waals surface area contributed by atoms with Gasteiger partial charge in [-0.2, -0.15) is 5.10 Å². The maximum Gasteiger partial charge on any atom is 0.229 e. The highest BCUT2D eigenvalue weighted by Crippen LogP contribution is 2.34. The number of hydrogen-bond donors (Lipinski definition) is 2. The first kappa shape index (κ1) is 21.6. The number of rotatable bonds is 6. The molecule has 0 amide bonds. The Morgan fingerprint density at radius 2 is 2.00 bits per heavy atom. The summed E-state index contributed by atoms with van der Waals surface area (Å²) in [5, 5.41) is 26.2. The summed E-state index contributed by atoms with van der Waals surface area (Å²) >= 11 is 6.50. The molecule has 0 bridgehead atoms. The van der Waals surface area contributed by atoms with Crippen LogP contribution in [0.15, 0.2) is 48.5 Å². The number of aryl methyl sites for hydroxylation is 1. The van der Waals surface area contributed by atoms with Crippen molar-refractivity contribution in [2.45, 2.75) is 26.1 Å². The molecule has 0 aliphatic carbocycles. The van der Waals surface area contributed by atoms with Gasteiger partial charge in [0.25, 0.3) is 0 Å². The molecular formula is C23H22ClFN6O2.